The highest BCUT2D eigenvalue weighted by atomic mass is 16.5. The zero-order valence-electron chi connectivity index (χ0n) is 14.9. The summed E-state index contributed by atoms with van der Waals surface area (Å²) in [5.41, 5.74) is 3.34. The molecule has 1 N–H and O–H groups in total. The average Bonchev–Trinajstić information content (AvgIpc) is 2.94. The molecule has 25 heavy (non-hydrogen) atoms. The van der Waals surface area contributed by atoms with Gasteiger partial charge in [-0.05, 0) is 39.3 Å². The number of carbonyl (C=O) groups excluding carboxylic acids is 1. The van der Waals surface area contributed by atoms with Crippen molar-refractivity contribution in [3.05, 3.63) is 41.0 Å². The first-order chi connectivity index (χ1) is 12.0. The SMILES string of the molecule is Cc1noc(C)c1CC(C)NC(=O)c1cc(N2CCOCC2)ccn1. The molecule has 0 radical (unpaired) electrons. The molecule has 3 heterocycles. The average molecular weight is 344 g/mol. The van der Waals surface area contributed by atoms with E-state index in [1.54, 1.807) is 6.20 Å². The van der Waals surface area contributed by atoms with Gasteiger partial charge in [0.2, 0.25) is 0 Å². The highest BCUT2D eigenvalue weighted by Gasteiger charge is 2.18. The number of ether oxygens (including phenoxy) is 1. The van der Waals surface area contributed by atoms with E-state index in [1.807, 2.05) is 32.9 Å². The van der Waals surface area contributed by atoms with Crippen LogP contribution in [0, 0.1) is 13.8 Å². The van der Waals surface area contributed by atoms with Crippen LogP contribution < -0.4 is 10.2 Å². The number of morpholine rings is 1. The standard InChI is InChI=1S/C18H24N4O3/c1-12(10-16-13(2)21-25-14(16)3)20-18(23)17-11-15(4-5-19-17)22-6-8-24-9-7-22/h4-5,11-12H,6-10H2,1-3H3,(H,20,23). The summed E-state index contributed by atoms with van der Waals surface area (Å²) in [6.07, 6.45) is 2.36. The molecule has 1 fully saturated rings. The second-order valence-electron chi connectivity index (χ2n) is 6.38. The molecule has 7 nitrogen and oxygen atoms in total. The lowest BCUT2D eigenvalue weighted by atomic mass is 10.1. The number of nitrogens with one attached hydrogen (secondary N) is 1. The molecule has 0 aliphatic carbocycles. The highest BCUT2D eigenvalue weighted by Crippen LogP contribution is 2.17. The minimum Gasteiger partial charge on any atom is -0.378 e. The van der Waals surface area contributed by atoms with E-state index in [2.05, 4.69) is 20.4 Å². The Hall–Kier alpha value is -2.41. The van der Waals surface area contributed by atoms with Gasteiger partial charge in [0, 0.05) is 36.6 Å². The maximum atomic E-state index is 12.5. The van der Waals surface area contributed by atoms with Gasteiger partial charge in [-0.2, -0.15) is 0 Å². The van der Waals surface area contributed by atoms with E-state index >= 15 is 0 Å². The Morgan fingerprint density at radius 1 is 1.36 bits per heavy atom. The van der Waals surface area contributed by atoms with Crippen molar-refractivity contribution in [3.63, 3.8) is 0 Å². The fraction of sp³-hybridized carbons (Fsp3) is 0.500. The number of aromatic nitrogens is 2. The third kappa shape index (κ3) is 4.17. The van der Waals surface area contributed by atoms with Crippen LogP contribution in [0.25, 0.3) is 0 Å². The van der Waals surface area contributed by atoms with Gasteiger partial charge in [-0.1, -0.05) is 5.16 Å². The van der Waals surface area contributed by atoms with E-state index in [9.17, 15) is 4.79 Å². The minimum absolute atomic E-state index is 0.0434. The summed E-state index contributed by atoms with van der Waals surface area (Å²) < 4.78 is 10.5. The third-order valence-electron chi connectivity index (χ3n) is 4.42. The normalized spacial score (nSPS) is 15.9. The Morgan fingerprint density at radius 2 is 2.12 bits per heavy atom. The van der Waals surface area contributed by atoms with Crippen LogP contribution in [-0.4, -0.2) is 48.4 Å². The lowest BCUT2D eigenvalue weighted by molar-refractivity contribution is 0.0935. The lowest BCUT2D eigenvalue weighted by Gasteiger charge is -2.28. The van der Waals surface area contributed by atoms with E-state index in [4.69, 9.17) is 9.26 Å². The molecule has 0 spiro atoms. The van der Waals surface area contributed by atoms with Crippen molar-refractivity contribution in [1.82, 2.24) is 15.5 Å². The van der Waals surface area contributed by atoms with Gasteiger partial charge in [0.1, 0.15) is 11.5 Å². The van der Waals surface area contributed by atoms with Crippen LogP contribution in [0.1, 0.15) is 34.4 Å². The van der Waals surface area contributed by atoms with E-state index in [0.29, 0.717) is 25.3 Å². The number of pyridine rings is 1. The molecule has 2 aromatic heterocycles. The van der Waals surface area contributed by atoms with Crippen LogP contribution >= 0.6 is 0 Å². The van der Waals surface area contributed by atoms with Crippen molar-refractivity contribution in [1.29, 1.82) is 0 Å². The Labute approximate surface area is 147 Å². The first-order valence-corrected chi connectivity index (χ1v) is 8.56. The van der Waals surface area contributed by atoms with Gasteiger partial charge in [-0.25, -0.2) is 0 Å². The Balaban J connectivity index is 1.64. The van der Waals surface area contributed by atoms with Crippen molar-refractivity contribution < 1.29 is 14.1 Å². The maximum Gasteiger partial charge on any atom is 0.270 e. The quantitative estimate of drug-likeness (QED) is 0.892. The molecule has 3 rings (SSSR count). The smallest absolute Gasteiger partial charge is 0.270 e. The van der Waals surface area contributed by atoms with Gasteiger partial charge in [0.15, 0.2) is 0 Å². The van der Waals surface area contributed by atoms with Crippen LogP contribution in [0.2, 0.25) is 0 Å². The van der Waals surface area contributed by atoms with Crippen molar-refractivity contribution in [3.8, 4) is 0 Å². The summed E-state index contributed by atoms with van der Waals surface area (Å²) in [5.74, 6) is 0.625. The number of hydrogen-bond donors (Lipinski definition) is 1. The molecule has 0 saturated carbocycles. The highest BCUT2D eigenvalue weighted by molar-refractivity contribution is 5.93. The summed E-state index contributed by atoms with van der Waals surface area (Å²) in [5, 5.41) is 6.96. The Bertz CT molecular complexity index is 718. The molecule has 1 atom stereocenters. The van der Waals surface area contributed by atoms with Crippen LogP contribution in [0.15, 0.2) is 22.9 Å². The van der Waals surface area contributed by atoms with Crippen LogP contribution in [0.3, 0.4) is 0 Å². The minimum atomic E-state index is -0.172. The van der Waals surface area contributed by atoms with Crippen molar-refractivity contribution in [2.24, 2.45) is 0 Å². The number of rotatable bonds is 5. The number of nitrogens with zero attached hydrogens (tertiary/aromatic N) is 3. The largest absolute Gasteiger partial charge is 0.378 e. The van der Waals surface area contributed by atoms with Crippen molar-refractivity contribution >= 4 is 11.6 Å². The fourth-order valence-electron chi connectivity index (χ4n) is 3.01. The molecule has 2 aromatic rings. The Morgan fingerprint density at radius 3 is 2.80 bits per heavy atom. The first-order valence-electron chi connectivity index (χ1n) is 8.56. The van der Waals surface area contributed by atoms with Gasteiger partial charge in [-0.3, -0.25) is 9.78 Å². The number of anilines is 1. The predicted octanol–water partition coefficient (Wildman–Crippen LogP) is 1.88. The summed E-state index contributed by atoms with van der Waals surface area (Å²) in [6, 6.07) is 3.72. The molecule has 7 heteroatoms. The molecular formula is C18H24N4O3. The topological polar surface area (TPSA) is 80.5 Å². The van der Waals surface area contributed by atoms with Crippen LogP contribution in [0.5, 0.6) is 0 Å². The third-order valence-corrected chi connectivity index (χ3v) is 4.42. The molecule has 1 aliphatic heterocycles. The summed E-state index contributed by atoms with van der Waals surface area (Å²) >= 11 is 0. The molecule has 0 aromatic carbocycles. The number of hydrogen-bond acceptors (Lipinski definition) is 6. The van der Waals surface area contributed by atoms with E-state index in [0.717, 1.165) is 35.8 Å². The Kier molecular flexibility index (Phi) is 5.33. The molecule has 0 bridgehead atoms. The number of carbonyl (C=O) groups is 1. The maximum absolute atomic E-state index is 12.5. The van der Waals surface area contributed by atoms with Gasteiger partial charge in [0.25, 0.3) is 5.91 Å². The number of aryl methyl sites for hydroxylation is 2. The molecule has 134 valence electrons. The van der Waals surface area contributed by atoms with E-state index < -0.39 is 0 Å². The predicted molar refractivity (Wildman–Crippen MR) is 93.9 cm³/mol. The molecular weight excluding hydrogens is 320 g/mol. The summed E-state index contributed by atoms with van der Waals surface area (Å²) in [6.45, 7) is 8.83. The molecule has 1 aliphatic rings. The van der Waals surface area contributed by atoms with E-state index in [-0.39, 0.29) is 11.9 Å². The second kappa shape index (κ2) is 7.65. The molecule has 1 amide bonds. The van der Waals surface area contributed by atoms with Gasteiger partial charge < -0.3 is 19.5 Å². The second-order valence-corrected chi connectivity index (χ2v) is 6.38. The monoisotopic (exact) mass is 344 g/mol. The fourth-order valence-corrected chi connectivity index (χ4v) is 3.01. The zero-order valence-corrected chi connectivity index (χ0v) is 14.9. The van der Waals surface area contributed by atoms with Gasteiger partial charge in [0.05, 0.1) is 18.9 Å². The van der Waals surface area contributed by atoms with Crippen LogP contribution in [0.4, 0.5) is 5.69 Å². The lowest BCUT2D eigenvalue weighted by Crippen LogP contribution is -2.37. The molecule has 1 saturated heterocycles. The summed E-state index contributed by atoms with van der Waals surface area (Å²) in [4.78, 5) is 19.0. The summed E-state index contributed by atoms with van der Waals surface area (Å²) in [7, 11) is 0. The van der Waals surface area contributed by atoms with Gasteiger partial charge >= 0.3 is 0 Å². The van der Waals surface area contributed by atoms with Gasteiger partial charge in [-0.15, -0.1) is 0 Å². The van der Waals surface area contributed by atoms with Crippen molar-refractivity contribution in [2.75, 3.05) is 31.2 Å². The number of amides is 1. The molecule has 1 unspecified atom stereocenters. The van der Waals surface area contributed by atoms with E-state index in [1.165, 1.54) is 0 Å². The first kappa shape index (κ1) is 17.4. The van der Waals surface area contributed by atoms with Crippen LogP contribution in [-0.2, 0) is 11.2 Å². The zero-order chi connectivity index (χ0) is 17.8. The van der Waals surface area contributed by atoms with Crippen molar-refractivity contribution in [2.45, 2.75) is 33.2 Å².